The molecule has 0 radical (unpaired) electrons. The van der Waals surface area contributed by atoms with Crippen LogP contribution in [0.2, 0.25) is 0 Å². The van der Waals surface area contributed by atoms with Crippen molar-refractivity contribution in [1.82, 2.24) is 15.2 Å². The summed E-state index contributed by atoms with van der Waals surface area (Å²) >= 11 is 1.39. The quantitative estimate of drug-likeness (QED) is 0.648. The lowest BCUT2D eigenvalue weighted by Crippen LogP contribution is -1.89. The van der Waals surface area contributed by atoms with Gasteiger partial charge in [-0.05, 0) is 29.3 Å². The number of halogens is 1. The average Bonchev–Trinajstić information content (AvgIpc) is 2.86. The number of rotatable bonds is 5. The van der Waals surface area contributed by atoms with Crippen molar-refractivity contribution in [3.05, 3.63) is 47.5 Å². The number of aliphatic carboxylic acids is 1. The lowest BCUT2D eigenvalue weighted by molar-refractivity contribution is -0.131. The molecule has 2 rings (SSSR count). The number of aromatic nitrogens is 3. The summed E-state index contributed by atoms with van der Waals surface area (Å²) in [6.07, 6.45) is 3.73. The molecule has 0 bridgehead atoms. The number of carboxylic acid groups (broad SMARTS) is 1. The van der Waals surface area contributed by atoms with Crippen LogP contribution in [0.5, 0.6) is 0 Å². The van der Waals surface area contributed by atoms with Crippen LogP contribution < -0.4 is 0 Å². The summed E-state index contributed by atoms with van der Waals surface area (Å²) < 4.78 is 13.4. The van der Waals surface area contributed by atoms with Crippen molar-refractivity contribution < 1.29 is 14.3 Å². The second-order valence-corrected chi connectivity index (χ2v) is 4.61. The first kappa shape index (κ1) is 13.3. The third-order valence-corrected chi connectivity index (χ3v) is 3.11. The molecular formula is C12H10FN3O2S. The summed E-state index contributed by atoms with van der Waals surface area (Å²) in [6.45, 7) is 0. The standard InChI is InChI=1S/C12H10FN3O2S/c13-10-4-8(1-2-11(17)18)3-9(5-10)6-19-12-14-7-15-16-12/h1-5,7H,6H2,(H,17,18)(H,14,15,16). The van der Waals surface area contributed by atoms with Gasteiger partial charge in [-0.15, -0.1) is 0 Å². The Morgan fingerprint density at radius 3 is 3.00 bits per heavy atom. The normalized spacial score (nSPS) is 11.0. The number of hydrogen-bond donors (Lipinski definition) is 2. The van der Waals surface area contributed by atoms with Gasteiger partial charge in [0.2, 0.25) is 0 Å². The fourth-order valence-electron chi connectivity index (χ4n) is 1.44. The van der Waals surface area contributed by atoms with E-state index in [1.54, 1.807) is 6.07 Å². The molecule has 0 unspecified atom stereocenters. The molecule has 1 heterocycles. The molecule has 0 spiro atoms. The number of carbonyl (C=O) groups is 1. The minimum absolute atomic E-state index is 0.402. The molecule has 7 heteroatoms. The Kier molecular flexibility index (Phi) is 4.30. The monoisotopic (exact) mass is 279 g/mol. The molecule has 0 amide bonds. The van der Waals surface area contributed by atoms with E-state index < -0.39 is 11.8 Å². The van der Waals surface area contributed by atoms with Gasteiger partial charge in [0, 0.05) is 11.8 Å². The molecular weight excluding hydrogens is 269 g/mol. The fourth-order valence-corrected chi connectivity index (χ4v) is 2.15. The van der Waals surface area contributed by atoms with Gasteiger partial charge in [0.1, 0.15) is 12.1 Å². The number of H-pyrrole nitrogens is 1. The molecule has 0 aliphatic heterocycles. The van der Waals surface area contributed by atoms with Gasteiger partial charge in [-0.3, -0.25) is 5.10 Å². The summed E-state index contributed by atoms with van der Waals surface area (Å²) in [7, 11) is 0. The first-order valence-corrected chi connectivity index (χ1v) is 6.31. The molecule has 1 aromatic carbocycles. The summed E-state index contributed by atoms with van der Waals surface area (Å²) in [5.41, 5.74) is 1.25. The van der Waals surface area contributed by atoms with Crippen molar-refractivity contribution >= 4 is 23.8 Å². The van der Waals surface area contributed by atoms with Gasteiger partial charge >= 0.3 is 5.97 Å². The first-order chi connectivity index (χ1) is 9.13. The van der Waals surface area contributed by atoms with E-state index in [2.05, 4.69) is 15.2 Å². The smallest absolute Gasteiger partial charge is 0.328 e. The zero-order valence-electron chi connectivity index (χ0n) is 9.71. The van der Waals surface area contributed by atoms with Gasteiger partial charge in [0.15, 0.2) is 5.16 Å². The summed E-state index contributed by atoms with van der Waals surface area (Å²) in [5, 5.41) is 15.6. The Bertz CT molecular complexity index is 599. The van der Waals surface area contributed by atoms with Crippen LogP contribution in [0.15, 0.2) is 35.8 Å². The summed E-state index contributed by atoms with van der Waals surface area (Å²) in [5.74, 6) is -0.955. The van der Waals surface area contributed by atoms with Crippen LogP contribution in [-0.2, 0) is 10.5 Å². The largest absolute Gasteiger partial charge is 0.478 e. The molecule has 0 saturated carbocycles. The molecule has 0 atom stereocenters. The minimum atomic E-state index is -1.07. The maximum atomic E-state index is 13.4. The molecule has 2 N–H and O–H groups in total. The van der Waals surface area contributed by atoms with Crippen LogP contribution in [0.4, 0.5) is 4.39 Å². The van der Waals surface area contributed by atoms with E-state index in [0.717, 1.165) is 11.6 Å². The maximum Gasteiger partial charge on any atom is 0.328 e. The number of thioether (sulfide) groups is 1. The van der Waals surface area contributed by atoms with E-state index in [9.17, 15) is 9.18 Å². The Labute approximate surface area is 112 Å². The third kappa shape index (κ3) is 4.22. The molecule has 0 aliphatic rings. The zero-order chi connectivity index (χ0) is 13.7. The molecule has 0 fully saturated rings. The third-order valence-electron chi connectivity index (χ3n) is 2.17. The van der Waals surface area contributed by atoms with Crippen LogP contribution in [0.25, 0.3) is 6.08 Å². The Morgan fingerprint density at radius 1 is 1.47 bits per heavy atom. The van der Waals surface area contributed by atoms with Gasteiger partial charge in [-0.25, -0.2) is 14.2 Å². The molecule has 5 nitrogen and oxygen atoms in total. The highest BCUT2D eigenvalue weighted by atomic mass is 32.2. The van der Waals surface area contributed by atoms with Gasteiger partial charge in [-0.2, -0.15) is 5.10 Å². The molecule has 1 aromatic heterocycles. The number of nitrogens with one attached hydrogen (secondary N) is 1. The average molecular weight is 279 g/mol. The van der Waals surface area contributed by atoms with Crippen molar-refractivity contribution in [2.75, 3.05) is 0 Å². The van der Waals surface area contributed by atoms with E-state index in [4.69, 9.17) is 5.11 Å². The van der Waals surface area contributed by atoms with Crippen molar-refractivity contribution in [2.24, 2.45) is 0 Å². The van der Waals surface area contributed by atoms with Gasteiger partial charge in [-0.1, -0.05) is 17.8 Å². The van der Waals surface area contributed by atoms with Crippen LogP contribution in [-0.4, -0.2) is 26.3 Å². The van der Waals surface area contributed by atoms with E-state index in [-0.39, 0.29) is 0 Å². The van der Waals surface area contributed by atoms with Gasteiger partial charge < -0.3 is 5.11 Å². The lowest BCUT2D eigenvalue weighted by atomic mass is 10.1. The summed E-state index contributed by atoms with van der Waals surface area (Å²) in [4.78, 5) is 14.4. The van der Waals surface area contributed by atoms with Gasteiger partial charge in [0.05, 0.1) is 0 Å². The SMILES string of the molecule is O=C(O)C=Cc1cc(F)cc(CSc2ncn[nH]2)c1. The Morgan fingerprint density at radius 2 is 2.32 bits per heavy atom. The zero-order valence-corrected chi connectivity index (χ0v) is 10.5. The topological polar surface area (TPSA) is 78.9 Å². The molecule has 98 valence electrons. The lowest BCUT2D eigenvalue weighted by Gasteiger charge is -2.02. The number of nitrogens with zero attached hydrogens (tertiary/aromatic N) is 2. The van der Waals surface area contributed by atoms with Crippen LogP contribution in [0.1, 0.15) is 11.1 Å². The highest BCUT2D eigenvalue weighted by Gasteiger charge is 2.02. The summed E-state index contributed by atoms with van der Waals surface area (Å²) in [6, 6.07) is 4.41. The fraction of sp³-hybridized carbons (Fsp3) is 0.0833. The first-order valence-electron chi connectivity index (χ1n) is 5.32. The Hall–Kier alpha value is -2.15. The number of benzene rings is 1. The van der Waals surface area contributed by atoms with E-state index in [0.29, 0.717) is 16.5 Å². The van der Waals surface area contributed by atoms with E-state index in [1.165, 1.54) is 36.3 Å². The minimum Gasteiger partial charge on any atom is -0.478 e. The maximum absolute atomic E-state index is 13.4. The predicted octanol–water partition coefficient (Wildman–Crippen LogP) is 2.33. The highest BCUT2D eigenvalue weighted by Crippen LogP contribution is 2.20. The van der Waals surface area contributed by atoms with Gasteiger partial charge in [0.25, 0.3) is 0 Å². The van der Waals surface area contributed by atoms with E-state index >= 15 is 0 Å². The van der Waals surface area contributed by atoms with Crippen molar-refractivity contribution in [3.8, 4) is 0 Å². The number of carboxylic acids is 1. The van der Waals surface area contributed by atoms with Crippen molar-refractivity contribution in [1.29, 1.82) is 0 Å². The second-order valence-electron chi connectivity index (χ2n) is 3.64. The second kappa shape index (κ2) is 6.14. The van der Waals surface area contributed by atoms with Crippen molar-refractivity contribution in [2.45, 2.75) is 10.9 Å². The van der Waals surface area contributed by atoms with Crippen LogP contribution in [0, 0.1) is 5.82 Å². The predicted molar refractivity (Wildman–Crippen MR) is 69.0 cm³/mol. The van der Waals surface area contributed by atoms with Crippen molar-refractivity contribution in [3.63, 3.8) is 0 Å². The molecule has 19 heavy (non-hydrogen) atoms. The molecule has 0 aliphatic carbocycles. The number of aromatic amines is 1. The van der Waals surface area contributed by atoms with Crippen LogP contribution >= 0.6 is 11.8 Å². The highest BCUT2D eigenvalue weighted by molar-refractivity contribution is 7.98. The van der Waals surface area contributed by atoms with E-state index in [1.807, 2.05) is 0 Å². The number of hydrogen-bond acceptors (Lipinski definition) is 4. The van der Waals surface area contributed by atoms with Crippen LogP contribution in [0.3, 0.4) is 0 Å². The Balaban J connectivity index is 2.10. The molecule has 2 aromatic rings. The molecule has 0 saturated heterocycles.